The van der Waals surface area contributed by atoms with Crippen molar-refractivity contribution in [3.05, 3.63) is 36.1 Å². The second-order valence-corrected chi connectivity index (χ2v) is 3.54. The molecule has 0 fully saturated rings. The van der Waals surface area contributed by atoms with Crippen molar-refractivity contribution in [3.8, 4) is 5.75 Å². The molecule has 14 heavy (non-hydrogen) atoms. The minimum atomic E-state index is 0.494. The summed E-state index contributed by atoms with van der Waals surface area (Å²) in [5.41, 5.74) is 7.76. The second kappa shape index (κ2) is 4.70. The highest BCUT2D eigenvalue weighted by atomic mass is 16.5. The van der Waals surface area contributed by atoms with Crippen LogP contribution in [0.5, 0.6) is 5.75 Å². The van der Waals surface area contributed by atoms with Gasteiger partial charge in [-0.1, -0.05) is 26.0 Å². The predicted molar refractivity (Wildman–Crippen MR) is 60.4 cm³/mol. The lowest BCUT2D eigenvalue weighted by molar-refractivity contribution is 0.482. The van der Waals surface area contributed by atoms with Crippen molar-refractivity contribution in [2.45, 2.75) is 26.7 Å². The Labute approximate surface area is 85.4 Å². The van der Waals surface area contributed by atoms with Crippen LogP contribution in [0, 0.1) is 0 Å². The van der Waals surface area contributed by atoms with Gasteiger partial charge in [0.2, 0.25) is 0 Å². The van der Waals surface area contributed by atoms with Crippen LogP contribution in [-0.4, -0.2) is 0 Å². The van der Waals surface area contributed by atoms with E-state index in [1.54, 1.807) is 6.26 Å². The molecule has 0 radical (unpaired) electrons. The molecule has 76 valence electrons. The van der Waals surface area contributed by atoms with E-state index in [-0.39, 0.29) is 0 Å². The Hall–Kier alpha value is -1.44. The lowest BCUT2D eigenvalue weighted by Crippen LogP contribution is -1.94. The van der Waals surface area contributed by atoms with Crippen LogP contribution >= 0.6 is 0 Å². The molecule has 2 nitrogen and oxygen atoms in total. The molecule has 0 aliphatic carbocycles. The van der Waals surface area contributed by atoms with Crippen LogP contribution in [0.3, 0.4) is 0 Å². The maximum atomic E-state index is 5.84. The van der Waals surface area contributed by atoms with E-state index in [0.29, 0.717) is 17.4 Å². The van der Waals surface area contributed by atoms with Gasteiger partial charge in [0.05, 0.1) is 11.9 Å². The topological polar surface area (TPSA) is 35.2 Å². The molecule has 2 N–H and O–H groups in total. The summed E-state index contributed by atoms with van der Waals surface area (Å²) >= 11 is 0. The number of nitrogens with two attached hydrogens (primary N) is 1. The third-order valence-corrected chi connectivity index (χ3v) is 2.03. The average Bonchev–Trinajstić information content (AvgIpc) is 2.15. The molecule has 1 aromatic rings. The van der Waals surface area contributed by atoms with Crippen LogP contribution in [0.4, 0.5) is 5.69 Å². The van der Waals surface area contributed by atoms with Gasteiger partial charge in [-0.25, -0.2) is 0 Å². The number of ether oxygens (including phenoxy) is 1. The normalized spacial score (nSPS) is 11.1. The Morgan fingerprint density at radius 2 is 2.07 bits per heavy atom. The van der Waals surface area contributed by atoms with Gasteiger partial charge in [-0.15, -0.1) is 0 Å². The lowest BCUT2D eigenvalue weighted by Gasteiger charge is -2.09. The maximum Gasteiger partial charge on any atom is 0.149 e. The van der Waals surface area contributed by atoms with Gasteiger partial charge in [0.1, 0.15) is 5.75 Å². The highest BCUT2D eigenvalue weighted by Crippen LogP contribution is 2.26. The third-order valence-electron chi connectivity index (χ3n) is 2.03. The second-order valence-electron chi connectivity index (χ2n) is 3.54. The van der Waals surface area contributed by atoms with E-state index < -0.39 is 0 Å². The highest BCUT2D eigenvalue weighted by Gasteiger charge is 2.03. The average molecular weight is 191 g/mol. The summed E-state index contributed by atoms with van der Waals surface area (Å²) in [7, 11) is 0. The lowest BCUT2D eigenvalue weighted by atomic mass is 10.0. The van der Waals surface area contributed by atoms with Crippen molar-refractivity contribution in [1.82, 2.24) is 0 Å². The smallest absolute Gasteiger partial charge is 0.149 e. The highest BCUT2D eigenvalue weighted by molar-refractivity contribution is 5.55. The van der Waals surface area contributed by atoms with Crippen molar-refractivity contribution >= 4 is 5.69 Å². The SMILES string of the molecule is C/C=C\Oc1ccc(C(C)C)cc1N. The van der Waals surface area contributed by atoms with Gasteiger partial charge < -0.3 is 10.5 Å². The van der Waals surface area contributed by atoms with E-state index in [4.69, 9.17) is 10.5 Å². The fourth-order valence-corrected chi connectivity index (χ4v) is 1.17. The molecule has 0 saturated carbocycles. The fourth-order valence-electron chi connectivity index (χ4n) is 1.17. The fraction of sp³-hybridized carbons (Fsp3) is 0.333. The van der Waals surface area contributed by atoms with Crippen molar-refractivity contribution in [3.63, 3.8) is 0 Å². The zero-order chi connectivity index (χ0) is 10.6. The number of nitrogen functional groups attached to an aromatic ring is 1. The zero-order valence-corrected chi connectivity index (χ0v) is 8.95. The molecule has 0 aliphatic rings. The van der Waals surface area contributed by atoms with Crippen molar-refractivity contribution in [2.75, 3.05) is 5.73 Å². The van der Waals surface area contributed by atoms with Crippen molar-refractivity contribution in [2.24, 2.45) is 0 Å². The van der Waals surface area contributed by atoms with Crippen LogP contribution < -0.4 is 10.5 Å². The number of allylic oxidation sites excluding steroid dienone is 1. The van der Waals surface area contributed by atoms with E-state index in [1.165, 1.54) is 5.56 Å². The van der Waals surface area contributed by atoms with Crippen LogP contribution in [0.25, 0.3) is 0 Å². The summed E-state index contributed by atoms with van der Waals surface area (Å²) in [6.07, 6.45) is 3.45. The molecule has 0 amide bonds. The molecular formula is C12H17NO. The molecule has 0 heterocycles. The van der Waals surface area contributed by atoms with Crippen LogP contribution in [0.2, 0.25) is 0 Å². The Bertz CT molecular complexity index is 329. The van der Waals surface area contributed by atoms with E-state index in [2.05, 4.69) is 13.8 Å². The molecule has 1 rings (SSSR count). The van der Waals surface area contributed by atoms with Crippen molar-refractivity contribution < 1.29 is 4.74 Å². The largest absolute Gasteiger partial charge is 0.463 e. The standard InChI is InChI=1S/C12H17NO/c1-4-7-14-12-6-5-10(9(2)3)8-11(12)13/h4-9H,13H2,1-3H3/b7-4-. The summed E-state index contributed by atoms with van der Waals surface area (Å²) in [4.78, 5) is 0. The predicted octanol–water partition coefficient (Wildman–Crippen LogP) is 3.30. The third kappa shape index (κ3) is 2.52. The first-order valence-corrected chi connectivity index (χ1v) is 4.82. The van der Waals surface area contributed by atoms with Crippen molar-refractivity contribution in [1.29, 1.82) is 0 Å². The molecule has 0 aromatic heterocycles. The molecule has 1 aromatic carbocycles. The Kier molecular flexibility index (Phi) is 3.57. The molecule has 0 atom stereocenters. The van der Waals surface area contributed by atoms with Gasteiger partial charge in [-0.3, -0.25) is 0 Å². The number of benzene rings is 1. The Morgan fingerprint density at radius 3 is 2.57 bits per heavy atom. The number of hydrogen-bond donors (Lipinski definition) is 1. The van der Waals surface area contributed by atoms with Crippen LogP contribution in [0.1, 0.15) is 32.3 Å². The molecule has 2 heteroatoms. The summed E-state index contributed by atoms with van der Waals surface area (Å²) in [5, 5.41) is 0. The van der Waals surface area contributed by atoms with Crippen LogP contribution in [0.15, 0.2) is 30.5 Å². The Morgan fingerprint density at radius 1 is 1.36 bits per heavy atom. The van der Waals surface area contributed by atoms with Gasteiger partial charge >= 0.3 is 0 Å². The van der Waals surface area contributed by atoms with E-state index in [0.717, 1.165) is 0 Å². The molecule has 0 aliphatic heterocycles. The number of rotatable bonds is 3. The molecular weight excluding hydrogens is 174 g/mol. The number of anilines is 1. The quantitative estimate of drug-likeness (QED) is 0.587. The van der Waals surface area contributed by atoms with Gasteiger partial charge in [0.15, 0.2) is 0 Å². The number of hydrogen-bond acceptors (Lipinski definition) is 2. The van der Waals surface area contributed by atoms with Crippen LogP contribution in [-0.2, 0) is 0 Å². The first-order chi connectivity index (χ1) is 6.65. The summed E-state index contributed by atoms with van der Waals surface area (Å²) in [5.74, 6) is 1.21. The summed E-state index contributed by atoms with van der Waals surface area (Å²) < 4.78 is 5.32. The minimum Gasteiger partial charge on any atom is -0.463 e. The van der Waals surface area contributed by atoms with Gasteiger partial charge in [-0.2, -0.15) is 0 Å². The first-order valence-electron chi connectivity index (χ1n) is 4.82. The monoisotopic (exact) mass is 191 g/mol. The van der Waals surface area contributed by atoms with E-state index in [9.17, 15) is 0 Å². The zero-order valence-electron chi connectivity index (χ0n) is 8.95. The van der Waals surface area contributed by atoms with E-state index in [1.807, 2.05) is 31.2 Å². The first kappa shape index (κ1) is 10.6. The molecule has 0 spiro atoms. The molecule has 0 saturated heterocycles. The van der Waals surface area contributed by atoms with Gasteiger partial charge in [0.25, 0.3) is 0 Å². The van der Waals surface area contributed by atoms with Gasteiger partial charge in [0, 0.05) is 0 Å². The molecule has 0 unspecified atom stereocenters. The Balaban J connectivity index is 2.89. The van der Waals surface area contributed by atoms with E-state index >= 15 is 0 Å². The maximum absolute atomic E-state index is 5.84. The minimum absolute atomic E-state index is 0.494. The summed E-state index contributed by atoms with van der Waals surface area (Å²) in [6.45, 7) is 6.18. The summed E-state index contributed by atoms with van der Waals surface area (Å²) in [6, 6.07) is 5.91. The van der Waals surface area contributed by atoms with Gasteiger partial charge in [-0.05, 0) is 30.5 Å². The molecule has 0 bridgehead atoms.